The lowest BCUT2D eigenvalue weighted by Gasteiger charge is -2.22. The van der Waals surface area contributed by atoms with Crippen molar-refractivity contribution in [1.82, 2.24) is 4.98 Å². The zero-order valence-corrected chi connectivity index (χ0v) is 11.6. The van der Waals surface area contributed by atoms with Crippen molar-refractivity contribution in [1.29, 1.82) is 0 Å². The van der Waals surface area contributed by atoms with E-state index in [2.05, 4.69) is 4.98 Å². The van der Waals surface area contributed by atoms with Crippen LogP contribution in [-0.4, -0.2) is 24.0 Å². The van der Waals surface area contributed by atoms with Crippen LogP contribution in [0.25, 0.3) is 0 Å². The molecule has 0 aliphatic carbocycles. The predicted molar refractivity (Wildman–Crippen MR) is 80.8 cm³/mol. The summed E-state index contributed by atoms with van der Waals surface area (Å²) < 4.78 is 0. The third-order valence-corrected chi connectivity index (χ3v) is 3.03. The molecule has 0 fully saturated rings. The van der Waals surface area contributed by atoms with E-state index >= 15 is 0 Å². The van der Waals surface area contributed by atoms with Gasteiger partial charge in [-0.3, -0.25) is 9.78 Å². The zero-order chi connectivity index (χ0) is 14.4. The third kappa shape index (κ3) is 3.42. The van der Waals surface area contributed by atoms with Gasteiger partial charge in [0.25, 0.3) is 5.91 Å². The Morgan fingerprint density at radius 2 is 2.10 bits per heavy atom. The van der Waals surface area contributed by atoms with Gasteiger partial charge in [0.1, 0.15) is 5.69 Å². The van der Waals surface area contributed by atoms with Crippen molar-refractivity contribution in [3.8, 4) is 0 Å². The Bertz CT molecular complexity index is 569. The molecule has 2 aromatic rings. The first kappa shape index (κ1) is 14.2. The van der Waals surface area contributed by atoms with Crippen molar-refractivity contribution in [3.05, 3.63) is 59.9 Å². The number of amides is 1. The van der Waals surface area contributed by atoms with Crippen LogP contribution in [-0.2, 0) is 0 Å². The number of nitrogens with zero attached hydrogens (tertiary/aromatic N) is 2. The number of pyridine rings is 1. The van der Waals surface area contributed by atoms with Gasteiger partial charge in [-0.1, -0.05) is 18.2 Å². The Kier molecular flexibility index (Phi) is 4.85. The van der Waals surface area contributed by atoms with Crippen molar-refractivity contribution in [2.75, 3.05) is 18.0 Å². The maximum Gasteiger partial charge on any atom is 0.276 e. The molecule has 0 radical (unpaired) electrons. The summed E-state index contributed by atoms with van der Waals surface area (Å²) in [4.78, 5) is 18.5. The number of anilines is 1. The number of rotatable bonds is 5. The average molecular weight is 269 g/mol. The summed E-state index contributed by atoms with van der Waals surface area (Å²) in [6.07, 6.45) is 2.39. The van der Waals surface area contributed by atoms with Crippen LogP contribution >= 0.6 is 0 Å². The standard InChI is InChI=1S/C16H19N3O/c1-13-6-4-7-14(12-13)19(11-5-9-17)16(20)15-8-2-3-10-18-15/h2-4,6-8,10,12H,5,9,11,17H2,1H3. The first-order chi connectivity index (χ1) is 9.72. The van der Waals surface area contributed by atoms with E-state index in [4.69, 9.17) is 5.73 Å². The average Bonchev–Trinajstić information content (AvgIpc) is 2.48. The number of benzene rings is 1. The summed E-state index contributed by atoms with van der Waals surface area (Å²) in [7, 11) is 0. The number of aryl methyl sites for hydroxylation is 1. The molecule has 1 amide bonds. The molecule has 4 nitrogen and oxygen atoms in total. The van der Waals surface area contributed by atoms with Gasteiger partial charge >= 0.3 is 0 Å². The number of aromatic nitrogens is 1. The lowest BCUT2D eigenvalue weighted by Crippen LogP contribution is -2.33. The maximum atomic E-state index is 12.6. The number of hydrogen-bond acceptors (Lipinski definition) is 3. The fraction of sp³-hybridized carbons (Fsp3) is 0.250. The van der Waals surface area contributed by atoms with Gasteiger partial charge < -0.3 is 10.6 Å². The number of hydrogen-bond donors (Lipinski definition) is 1. The number of nitrogens with two attached hydrogens (primary N) is 1. The van der Waals surface area contributed by atoms with Crippen LogP contribution in [0.15, 0.2) is 48.7 Å². The molecule has 2 N–H and O–H groups in total. The molecule has 0 spiro atoms. The molecule has 1 aromatic heterocycles. The highest BCUT2D eigenvalue weighted by atomic mass is 16.2. The lowest BCUT2D eigenvalue weighted by molar-refractivity contribution is 0.0982. The minimum Gasteiger partial charge on any atom is -0.330 e. The molecular weight excluding hydrogens is 250 g/mol. The van der Waals surface area contributed by atoms with Gasteiger partial charge in [0.05, 0.1) is 0 Å². The molecule has 0 atom stereocenters. The summed E-state index contributed by atoms with van der Waals surface area (Å²) in [5.41, 5.74) is 8.02. The van der Waals surface area contributed by atoms with E-state index in [1.54, 1.807) is 23.2 Å². The Morgan fingerprint density at radius 1 is 1.25 bits per heavy atom. The van der Waals surface area contributed by atoms with Crippen molar-refractivity contribution in [2.24, 2.45) is 5.73 Å². The van der Waals surface area contributed by atoms with Crippen LogP contribution in [0.5, 0.6) is 0 Å². The van der Waals surface area contributed by atoms with Crippen LogP contribution in [0.3, 0.4) is 0 Å². The van der Waals surface area contributed by atoms with Crippen molar-refractivity contribution >= 4 is 11.6 Å². The molecule has 0 aliphatic heterocycles. The van der Waals surface area contributed by atoms with E-state index in [1.165, 1.54) is 0 Å². The fourth-order valence-electron chi connectivity index (χ4n) is 2.02. The maximum absolute atomic E-state index is 12.6. The highest BCUT2D eigenvalue weighted by Crippen LogP contribution is 2.18. The van der Waals surface area contributed by atoms with Crippen LogP contribution < -0.4 is 10.6 Å². The van der Waals surface area contributed by atoms with E-state index in [9.17, 15) is 4.79 Å². The summed E-state index contributed by atoms with van der Waals surface area (Å²) >= 11 is 0. The van der Waals surface area contributed by atoms with Crippen LogP contribution in [0.2, 0.25) is 0 Å². The minimum absolute atomic E-state index is 0.0929. The van der Waals surface area contributed by atoms with E-state index < -0.39 is 0 Å². The van der Waals surface area contributed by atoms with Gasteiger partial charge in [0.15, 0.2) is 0 Å². The lowest BCUT2D eigenvalue weighted by atomic mass is 10.2. The number of carbonyl (C=O) groups is 1. The summed E-state index contributed by atoms with van der Waals surface area (Å²) in [5.74, 6) is -0.0929. The second-order valence-corrected chi connectivity index (χ2v) is 4.65. The highest BCUT2D eigenvalue weighted by molar-refractivity contribution is 6.04. The largest absolute Gasteiger partial charge is 0.330 e. The zero-order valence-electron chi connectivity index (χ0n) is 11.6. The van der Waals surface area contributed by atoms with Crippen LogP contribution in [0, 0.1) is 6.92 Å². The van der Waals surface area contributed by atoms with Crippen LogP contribution in [0.4, 0.5) is 5.69 Å². The Labute approximate surface area is 119 Å². The molecule has 0 unspecified atom stereocenters. The van der Waals surface area contributed by atoms with Crippen molar-refractivity contribution in [2.45, 2.75) is 13.3 Å². The first-order valence-corrected chi connectivity index (χ1v) is 6.72. The molecule has 0 aliphatic rings. The monoisotopic (exact) mass is 269 g/mol. The van der Waals surface area contributed by atoms with Gasteiger partial charge in [0, 0.05) is 18.4 Å². The highest BCUT2D eigenvalue weighted by Gasteiger charge is 2.18. The minimum atomic E-state index is -0.0929. The Morgan fingerprint density at radius 3 is 2.75 bits per heavy atom. The second-order valence-electron chi connectivity index (χ2n) is 4.65. The van der Waals surface area contributed by atoms with Gasteiger partial charge in [-0.2, -0.15) is 0 Å². The molecule has 0 bridgehead atoms. The Hall–Kier alpha value is -2.20. The molecule has 20 heavy (non-hydrogen) atoms. The van der Waals surface area contributed by atoms with E-state index in [1.807, 2.05) is 37.3 Å². The van der Waals surface area contributed by atoms with Gasteiger partial charge in [-0.15, -0.1) is 0 Å². The quantitative estimate of drug-likeness (QED) is 0.906. The molecule has 104 valence electrons. The third-order valence-electron chi connectivity index (χ3n) is 3.03. The summed E-state index contributed by atoms with van der Waals surface area (Å²) in [5, 5.41) is 0. The SMILES string of the molecule is Cc1cccc(N(CCCN)C(=O)c2ccccn2)c1. The van der Waals surface area contributed by atoms with Gasteiger partial charge in [-0.05, 0) is 49.7 Å². The second kappa shape index (κ2) is 6.82. The smallest absolute Gasteiger partial charge is 0.276 e. The molecular formula is C16H19N3O. The van der Waals surface area contributed by atoms with E-state index in [0.717, 1.165) is 17.7 Å². The van der Waals surface area contributed by atoms with Gasteiger partial charge in [-0.25, -0.2) is 0 Å². The van der Waals surface area contributed by atoms with Crippen molar-refractivity contribution < 1.29 is 4.79 Å². The number of carbonyl (C=O) groups excluding carboxylic acids is 1. The first-order valence-electron chi connectivity index (χ1n) is 6.72. The molecule has 0 saturated heterocycles. The Balaban J connectivity index is 2.30. The van der Waals surface area contributed by atoms with Gasteiger partial charge in [0.2, 0.25) is 0 Å². The summed E-state index contributed by atoms with van der Waals surface area (Å²) in [6, 6.07) is 13.2. The molecule has 1 heterocycles. The van der Waals surface area contributed by atoms with Crippen LogP contribution in [0.1, 0.15) is 22.5 Å². The predicted octanol–water partition coefficient (Wildman–Crippen LogP) is 2.39. The topological polar surface area (TPSA) is 59.2 Å². The fourth-order valence-corrected chi connectivity index (χ4v) is 2.02. The molecule has 4 heteroatoms. The molecule has 1 aromatic carbocycles. The molecule has 2 rings (SSSR count). The molecule has 0 saturated carbocycles. The summed E-state index contributed by atoms with van der Waals surface area (Å²) in [6.45, 7) is 3.16. The van der Waals surface area contributed by atoms with E-state index in [0.29, 0.717) is 18.8 Å². The normalized spacial score (nSPS) is 10.3. The van der Waals surface area contributed by atoms with Crippen molar-refractivity contribution in [3.63, 3.8) is 0 Å². The van der Waals surface area contributed by atoms with E-state index in [-0.39, 0.29) is 5.91 Å².